The van der Waals surface area contributed by atoms with E-state index in [1.165, 1.54) is 12.1 Å². The fraction of sp³-hybridized carbons (Fsp3) is 0.417. The molecule has 1 saturated carbocycles. The molecule has 0 atom stereocenters. The number of likely N-dealkylation sites (N-methyl/N-ethyl adjacent to an activating group) is 1. The quantitative estimate of drug-likeness (QED) is 0.779. The summed E-state index contributed by atoms with van der Waals surface area (Å²) in [4.78, 5) is 13.3. The van der Waals surface area contributed by atoms with Crippen molar-refractivity contribution in [3.8, 4) is 5.75 Å². The normalized spacial score (nSPS) is 14.6. The number of carbonyl (C=O) groups is 1. The zero-order valence-corrected chi connectivity index (χ0v) is 9.15. The van der Waals surface area contributed by atoms with Gasteiger partial charge >= 0.3 is 0 Å². The summed E-state index contributed by atoms with van der Waals surface area (Å²) in [5, 5.41) is 0. The summed E-state index contributed by atoms with van der Waals surface area (Å²) in [7, 11) is 1.75. The van der Waals surface area contributed by atoms with Crippen LogP contribution in [0.5, 0.6) is 5.75 Å². The highest BCUT2D eigenvalue weighted by atomic mass is 19.1. The first kappa shape index (κ1) is 10.9. The van der Waals surface area contributed by atoms with Crippen LogP contribution in [-0.4, -0.2) is 30.5 Å². The van der Waals surface area contributed by atoms with E-state index in [9.17, 15) is 9.18 Å². The van der Waals surface area contributed by atoms with Crippen LogP contribution in [0.4, 0.5) is 4.39 Å². The summed E-state index contributed by atoms with van der Waals surface area (Å²) >= 11 is 0. The van der Waals surface area contributed by atoms with Gasteiger partial charge in [0, 0.05) is 13.1 Å². The second kappa shape index (κ2) is 4.51. The lowest BCUT2D eigenvalue weighted by Gasteiger charge is -2.16. The van der Waals surface area contributed by atoms with E-state index in [0.717, 1.165) is 12.8 Å². The zero-order chi connectivity index (χ0) is 11.5. The molecule has 0 heterocycles. The molecule has 0 bridgehead atoms. The molecular weight excluding hydrogens is 209 g/mol. The third-order valence-electron chi connectivity index (χ3n) is 2.68. The van der Waals surface area contributed by atoms with E-state index in [4.69, 9.17) is 4.74 Å². The van der Waals surface area contributed by atoms with E-state index in [1.807, 2.05) is 0 Å². The second-order valence-electron chi connectivity index (χ2n) is 3.95. The molecule has 0 N–H and O–H groups in total. The van der Waals surface area contributed by atoms with E-state index in [-0.39, 0.29) is 18.3 Å². The molecule has 2 rings (SSSR count). The lowest BCUT2D eigenvalue weighted by Crippen LogP contribution is -2.33. The van der Waals surface area contributed by atoms with Crippen molar-refractivity contribution in [1.29, 1.82) is 0 Å². The Balaban J connectivity index is 1.87. The number of halogens is 1. The van der Waals surface area contributed by atoms with Crippen molar-refractivity contribution in [3.05, 3.63) is 30.1 Å². The third kappa shape index (κ3) is 2.51. The molecule has 0 unspecified atom stereocenters. The average Bonchev–Trinajstić information content (AvgIpc) is 3.10. The second-order valence-corrected chi connectivity index (χ2v) is 3.95. The van der Waals surface area contributed by atoms with Gasteiger partial charge in [-0.2, -0.15) is 0 Å². The van der Waals surface area contributed by atoms with E-state index in [0.29, 0.717) is 6.04 Å². The molecule has 0 saturated heterocycles. The lowest BCUT2D eigenvalue weighted by atomic mass is 10.3. The maximum atomic E-state index is 13.2. The molecule has 1 amide bonds. The molecule has 16 heavy (non-hydrogen) atoms. The van der Waals surface area contributed by atoms with E-state index < -0.39 is 5.82 Å². The van der Waals surface area contributed by atoms with Crippen LogP contribution in [0.3, 0.4) is 0 Å². The minimum atomic E-state index is -0.440. The topological polar surface area (TPSA) is 29.5 Å². The van der Waals surface area contributed by atoms with Crippen LogP contribution < -0.4 is 4.74 Å². The van der Waals surface area contributed by atoms with Crippen molar-refractivity contribution in [2.45, 2.75) is 18.9 Å². The van der Waals surface area contributed by atoms with Crippen LogP contribution in [0, 0.1) is 5.82 Å². The van der Waals surface area contributed by atoms with Crippen molar-refractivity contribution in [3.63, 3.8) is 0 Å². The Hall–Kier alpha value is -1.58. The molecule has 0 aliphatic heterocycles. The molecule has 0 spiro atoms. The number of hydrogen-bond donors (Lipinski definition) is 0. The predicted molar refractivity (Wildman–Crippen MR) is 57.7 cm³/mol. The van der Waals surface area contributed by atoms with Crippen molar-refractivity contribution in [2.75, 3.05) is 13.7 Å². The lowest BCUT2D eigenvalue weighted by molar-refractivity contribution is -0.132. The number of benzene rings is 1. The minimum Gasteiger partial charge on any atom is -0.481 e. The molecule has 1 aromatic carbocycles. The summed E-state index contributed by atoms with van der Waals surface area (Å²) < 4.78 is 18.3. The van der Waals surface area contributed by atoms with Gasteiger partial charge in [-0.15, -0.1) is 0 Å². The minimum absolute atomic E-state index is 0.103. The third-order valence-corrected chi connectivity index (χ3v) is 2.68. The Labute approximate surface area is 93.8 Å². The van der Waals surface area contributed by atoms with Gasteiger partial charge in [0.25, 0.3) is 5.91 Å². The molecule has 86 valence electrons. The first-order valence-electron chi connectivity index (χ1n) is 5.31. The molecule has 1 aliphatic carbocycles. The van der Waals surface area contributed by atoms with Crippen molar-refractivity contribution in [2.24, 2.45) is 0 Å². The Morgan fingerprint density at radius 2 is 2.19 bits per heavy atom. The highest BCUT2D eigenvalue weighted by Gasteiger charge is 2.29. The molecule has 0 aromatic heterocycles. The molecule has 1 aliphatic rings. The van der Waals surface area contributed by atoms with Crippen LogP contribution in [0.25, 0.3) is 0 Å². The Morgan fingerprint density at radius 3 is 2.81 bits per heavy atom. The summed E-state index contributed by atoms with van der Waals surface area (Å²) in [6.07, 6.45) is 2.11. The highest BCUT2D eigenvalue weighted by molar-refractivity contribution is 5.78. The van der Waals surface area contributed by atoms with Gasteiger partial charge in [0.1, 0.15) is 0 Å². The number of carbonyl (C=O) groups excluding carboxylic acids is 1. The molecule has 1 aromatic rings. The first-order chi connectivity index (χ1) is 7.68. The van der Waals surface area contributed by atoms with Gasteiger partial charge < -0.3 is 9.64 Å². The number of rotatable bonds is 4. The van der Waals surface area contributed by atoms with Crippen molar-refractivity contribution < 1.29 is 13.9 Å². The molecule has 0 radical (unpaired) electrons. The summed E-state index contributed by atoms with van der Waals surface area (Å²) in [5.41, 5.74) is 0. The SMILES string of the molecule is CN(C(=O)COc1ccccc1F)C1CC1. The molecule has 4 heteroatoms. The van der Waals surface area contributed by atoms with Crippen molar-refractivity contribution in [1.82, 2.24) is 4.90 Å². The van der Waals surface area contributed by atoms with E-state index in [2.05, 4.69) is 0 Å². The Kier molecular flexibility index (Phi) is 3.08. The van der Waals surface area contributed by atoms with Crippen molar-refractivity contribution >= 4 is 5.91 Å². The largest absolute Gasteiger partial charge is 0.481 e. The fourth-order valence-corrected chi connectivity index (χ4v) is 1.47. The predicted octanol–water partition coefficient (Wildman–Crippen LogP) is 1.83. The average molecular weight is 223 g/mol. The van der Waals surface area contributed by atoms with Gasteiger partial charge in [-0.05, 0) is 25.0 Å². The molecule has 1 fully saturated rings. The first-order valence-corrected chi connectivity index (χ1v) is 5.31. The molecule has 3 nitrogen and oxygen atoms in total. The summed E-state index contributed by atoms with van der Waals surface area (Å²) in [5.74, 6) is -0.421. The van der Waals surface area contributed by atoms with Gasteiger partial charge in [0.15, 0.2) is 18.2 Å². The maximum Gasteiger partial charge on any atom is 0.260 e. The van der Waals surface area contributed by atoms with Gasteiger partial charge in [-0.25, -0.2) is 4.39 Å². The van der Waals surface area contributed by atoms with Crippen LogP contribution in [0.15, 0.2) is 24.3 Å². The van der Waals surface area contributed by atoms with Crippen LogP contribution in [0.1, 0.15) is 12.8 Å². The fourth-order valence-electron chi connectivity index (χ4n) is 1.47. The highest BCUT2D eigenvalue weighted by Crippen LogP contribution is 2.25. The van der Waals surface area contributed by atoms with Gasteiger partial charge in [0.05, 0.1) is 0 Å². The monoisotopic (exact) mass is 223 g/mol. The van der Waals surface area contributed by atoms with Crippen LogP contribution in [-0.2, 0) is 4.79 Å². The number of nitrogens with zero attached hydrogens (tertiary/aromatic N) is 1. The smallest absolute Gasteiger partial charge is 0.260 e. The standard InChI is InChI=1S/C12H14FNO2/c1-14(9-6-7-9)12(15)8-16-11-5-3-2-4-10(11)13/h2-5,9H,6-8H2,1H3. The number of ether oxygens (including phenoxy) is 1. The van der Waals surface area contributed by atoms with Gasteiger partial charge in [-0.3, -0.25) is 4.79 Å². The number of para-hydroxylation sites is 1. The molecular formula is C12H14FNO2. The summed E-state index contributed by atoms with van der Waals surface area (Å²) in [6, 6.07) is 6.44. The summed E-state index contributed by atoms with van der Waals surface area (Å²) in [6.45, 7) is -0.103. The van der Waals surface area contributed by atoms with E-state index >= 15 is 0 Å². The zero-order valence-electron chi connectivity index (χ0n) is 9.15. The number of hydrogen-bond acceptors (Lipinski definition) is 2. The van der Waals surface area contributed by atoms with E-state index in [1.54, 1.807) is 24.1 Å². The Bertz CT molecular complexity index is 390. The Morgan fingerprint density at radius 1 is 1.50 bits per heavy atom. The van der Waals surface area contributed by atoms with Crippen LogP contribution in [0.2, 0.25) is 0 Å². The van der Waals surface area contributed by atoms with Gasteiger partial charge in [-0.1, -0.05) is 12.1 Å². The van der Waals surface area contributed by atoms with Gasteiger partial charge in [0.2, 0.25) is 0 Å². The maximum absolute atomic E-state index is 13.2. The number of amides is 1. The van der Waals surface area contributed by atoms with Crippen LogP contribution >= 0.6 is 0 Å².